The summed E-state index contributed by atoms with van der Waals surface area (Å²) in [5, 5.41) is 13.3. The molecule has 3 heterocycles. The Morgan fingerprint density at radius 3 is 2.50 bits per heavy atom. The van der Waals surface area contributed by atoms with Crippen molar-refractivity contribution in [2.24, 2.45) is 5.73 Å². The van der Waals surface area contributed by atoms with Crippen LogP contribution in [0.2, 0.25) is 0 Å². The number of carboxylic acids is 1. The number of ether oxygens (including phenoxy) is 2. The molecule has 0 saturated heterocycles. The van der Waals surface area contributed by atoms with Gasteiger partial charge in [0.05, 0.1) is 17.2 Å². The molecule has 10 nitrogen and oxygen atoms in total. The topological polar surface area (TPSA) is 155 Å². The van der Waals surface area contributed by atoms with Gasteiger partial charge in [0.1, 0.15) is 17.5 Å². The number of hydrogen-bond donors (Lipinski definition) is 3. The number of aromatic nitrogens is 3. The Bertz CT molecular complexity index is 1100. The zero-order chi connectivity index (χ0) is 21.2. The number of anilines is 1. The Kier molecular flexibility index (Phi) is 11.7. The number of nitrogens with two attached hydrogens (primary N) is 1. The van der Waals surface area contributed by atoms with Crippen molar-refractivity contribution in [2.45, 2.75) is 27.2 Å². The molecular weight excluding hydrogens is 479 g/mol. The van der Waals surface area contributed by atoms with Crippen LogP contribution in [-0.4, -0.2) is 33.1 Å². The SMILES string of the molecule is C.CC(=O)Nc1c[nH]c2c(C(=O)[O-])ncnc12.Cl.NCc1ccc2c(c1)OC(F)(F)O2.[K+]. The number of nitrogens with one attached hydrogen (secondary N) is 2. The average Bonchev–Trinajstić information content (AvgIpc) is 3.19. The monoisotopic (exact) mass is 497 g/mol. The van der Waals surface area contributed by atoms with E-state index in [1.807, 2.05) is 0 Å². The zero-order valence-corrected chi connectivity index (χ0v) is 20.2. The number of rotatable bonds is 3. The maximum atomic E-state index is 12.5. The van der Waals surface area contributed by atoms with E-state index < -0.39 is 12.3 Å². The summed E-state index contributed by atoms with van der Waals surface area (Å²) in [7, 11) is 0. The molecule has 0 radical (unpaired) electrons. The number of benzene rings is 1. The van der Waals surface area contributed by atoms with Crippen LogP contribution >= 0.6 is 12.4 Å². The van der Waals surface area contributed by atoms with Crippen molar-refractivity contribution in [3.63, 3.8) is 0 Å². The second-order valence-electron chi connectivity index (χ2n) is 5.77. The molecule has 3 aromatic rings. The van der Waals surface area contributed by atoms with Crippen molar-refractivity contribution in [1.29, 1.82) is 0 Å². The Morgan fingerprint density at radius 1 is 1.25 bits per heavy atom. The van der Waals surface area contributed by atoms with Crippen molar-refractivity contribution < 1.29 is 84.3 Å². The number of halogens is 3. The number of amides is 1. The summed E-state index contributed by atoms with van der Waals surface area (Å²) < 4.78 is 33.4. The van der Waals surface area contributed by atoms with Gasteiger partial charge in [-0.25, -0.2) is 9.97 Å². The van der Waals surface area contributed by atoms with Crippen molar-refractivity contribution in [3.05, 3.63) is 42.0 Å². The molecule has 1 amide bonds. The summed E-state index contributed by atoms with van der Waals surface area (Å²) in [5.41, 5.74) is 6.79. The molecule has 32 heavy (non-hydrogen) atoms. The van der Waals surface area contributed by atoms with Crippen LogP contribution in [0.4, 0.5) is 14.5 Å². The van der Waals surface area contributed by atoms with Crippen LogP contribution in [0, 0.1) is 0 Å². The second-order valence-corrected chi connectivity index (χ2v) is 5.77. The normalized spacial score (nSPS) is 12.2. The number of alkyl halides is 2. The van der Waals surface area contributed by atoms with Crippen molar-refractivity contribution in [3.8, 4) is 11.5 Å². The number of aromatic amines is 1. The van der Waals surface area contributed by atoms with Gasteiger partial charge in [0.25, 0.3) is 0 Å². The molecule has 0 fully saturated rings. The van der Waals surface area contributed by atoms with Gasteiger partial charge in [-0.2, -0.15) is 0 Å². The van der Waals surface area contributed by atoms with Crippen LogP contribution in [0.25, 0.3) is 11.0 Å². The summed E-state index contributed by atoms with van der Waals surface area (Å²) in [6.45, 7) is 1.63. The van der Waals surface area contributed by atoms with Gasteiger partial charge >= 0.3 is 57.7 Å². The number of carbonyl (C=O) groups excluding carboxylic acids is 2. The third-order valence-corrected chi connectivity index (χ3v) is 3.67. The van der Waals surface area contributed by atoms with Gasteiger partial charge in [-0.15, -0.1) is 21.2 Å². The Morgan fingerprint density at radius 2 is 1.91 bits per heavy atom. The van der Waals surface area contributed by atoms with Crippen molar-refractivity contribution >= 4 is 41.0 Å². The first-order valence-electron chi connectivity index (χ1n) is 8.10. The van der Waals surface area contributed by atoms with Gasteiger partial charge in [-0.1, -0.05) is 13.5 Å². The summed E-state index contributed by atoms with van der Waals surface area (Å²) in [5.74, 6) is -1.59. The number of carboxylic acid groups (broad SMARTS) is 1. The molecule has 0 bridgehead atoms. The number of hydrogen-bond acceptors (Lipinski definition) is 8. The van der Waals surface area contributed by atoms with E-state index in [9.17, 15) is 23.5 Å². The molecule has 1 aliphatic rings. The molecule has 0 unspecified atom stereocenters. The first kappa shape index (κ1) is 30.1. The summed E-state index contributed by atoms with van der Waals surface area (Å²) in [6, 6.07) is 4.47. The minimum absolute atomic E-state index is 0. The molecule has 1 aliphatic heterocycles. The standard InChI is InChI=1S/C9H8N4O3.C8H7F2NO2.CH4.ClH.K/c1-4(14)13-5-2-10-7-6(5)11-3-12-8(7)9(15)16;9-8(10)12-6-2-1-5(4-11)3-7(6)13-8;;;/h2-3,10H,1H3,(H,13,14)(H,15,16);1-3H,4,11H2;1H4;1H;/q;;;;+1/p-1. The summed E-state index contributed by atoms with van der Waals surface area (Å²) in [4.78, 5) is 31.8. The maximum Gasteiger partial charge on any atom is 1.00 e. The van der Waals surface area contributed by atoms with Crippen LogP contribution in [0.1, 0.15) is 30.4 Å². The maximum absolute atomic E-state index is 12.5. The van der Waals surface area contributed by atoms with Crippen molar-refractivity contribution in [2.75, 3.05) is 5.32 Å². The fourth-order valence-corrected chi connectivity index (χ4v) is 2.50. The summed E-state index contributed by atoms with van der Waals surface area (Å²) >= 11 is 0. The average molecular weight is 498 g/mol. The van der Waals surface area contributed by atoms with E-state index in [1.54, 1.807) is 6.07 Å². The van der Waals surface area contributed by atoms with Gasteiger partial charge in [0, 0.05) is 19.7 Å². The molecule has 4 rings (SSSR count). The Labute approximate surface area is 230 Å². The van der Waals surface area contributed by atoms with Crippen LogP contribution in [0.15, 0.2) is 30.7 Å². The summed E-state index contributed by atoms with van der Waals surface area (Å²) in [6.07, 6.45) is -0.991. The predicted octanol–water partition coefficient (Wildman–Crippen LogP) is -1.19. The molecule has 2 aromatic heterocycles. The molecule has 4 N–H and O–H groups in total. The number of H-pyrrole nitrogens is 1. The van der Waals surface area contributed by atoms with E-state index in [0.717, 1.165) is 11.9 Å². The quantitative estimate of drug-likeness (QED) is 0.381. The number of fused-ring (bicyclic) bond motifs is 2. The molecule has 14 heteroatoms. The van der Waals surface area contributed by atoms with Gasteiger partial charge in [-0.05, 0) is 17.7 Å². The van der Waals surface area contributed by atoms with Crippen molar-refractivity contribution in [1.82, 2.24) is 15.0 Å². The van der Waals surface area contributed by atoms with Gasteiger partial charge in [0.2, 0.25) is 5.91 Å². The third-order valence-electron chi connectivity index (χ3n) is 3.67. The minimum atomic E-state index is -3.55. The molecule has 1 aromatic carbocycles. The van der Waals surface area contributed by atoms with E-state index in [2.05, 4.69) is 29.7 Å². The first-order valence-corrected chi connectivity index (χ1v) is 8.10. The molecule has 0 spiro atoms. The first-order chi connectivity index (χ1) is 13.7. The van der Waals surface area contributed by atoms with E-state index in [1.165, 1.54) is 25.3 Å². The van der Waals surface area contributed by atoms with Crippen LogP contribution < -0.4 is 77.0 Å². The molecule has 0 atom stereocenters. The zero-order valence-electron chi connectivity index (χ0n) is 16.3. The molecule has 0 aliphatic carbocycles. The Hall–Kier alpha value is -1.87. The largest absolute Gasteiger partial charge is 1.00 e. The number of nitrogens with zero attached hydrogens (tertiary/aromatic N) is 2. The fourth-order valence-electron chi connectivity index (χ4n) is 2.50. The predicted molar refractivity (Wildman–Crippen MR) is 107 cm³/mol. The van der Waals surface area contributed by atoms with Gasteiger partial charge in [0.15, 0.2) is 11.5 Å². The number of aromatic carboxylic acids is 1. The molecule has 0 saturated carbocycles. The van der Waals surface area contributed by atoms with Crippen LogP contribution in [0.5, 0.6) is 11.5 Å². The van der Waals surface area contributed by atoms with Gasteiger partial charge in [-0.3, -0.25) is 4.79 Å². The minimum Gasteiger partial charge on any atom is -0.543 e. The third kappa shape index (κ3) is 7.06. The van der Waals surface area contributed by atoms with E-state index in [4.69, 9.17) is 5.73 Å². The molecular formula is C18H19ClF2KN5O5. The number of carbonyl (C=O) groups is 2. The van der Waals surface area contributed by atoms with Crippen LogP contribution in [-0.2, 0) is 11.3 Å². The second kappa shape index (κ2) is 12.4. The van der Waals surface area contributed by atoms with E-state index in [-0.39, 0.29) is 106 Å². The smallest absolute Gasteiger partial charge is 0.543 e. The van der Waals surface area contributed by atoms with E-state index in [0.29, 0.717) is 11.2 Å². The van der Waals surface area contributed by atoms with Gasteiger partial charge < -0.3 is 35.4 Å². The Balaban J connectivity index is 0.000000558. The molecule has 168 valence electrons. The fraction of sp³-hybridized carbons (Fsp3) is 0.222. The van der Waals surface area contributed by atoms with Crippen LogP contribution in [0.3, 0.4) is 0 Å². The van der Waals surface area contributed by atoms with E-state index >= 15 is 0 Å².